The van der Waals surface area contributed by atoms with E-state index in [4.69, 9.17) is 4.74 Å². The van der Waals surface area contributed by atoms with Crippen LogP contribution in [0.3, 0.4) is 0 Å². The minimum absolute atomic E-state index is 0.0283. The molecule has 4 aliphatic carbocycles. The molecule has 0 unspecified atom stereocenters. The van der Waals surface area contributed by atoms with Crippen LogP contribution in [-0.2, 0) is 14.4 Å². The highest BCUT2D eigenvalue weighted by Crippen LogP contribution is 2.65. The van der Waals surface area contributed by atoms with Gasteiger partial charge in [-0.1, -0.05) is 12.2 Å². The Morgan fingerprint density at radius 1 is 1.20 bits per heavy atom. The lowest BCUT2D eigenvalue weighted by molar-refractivity contribution is -0.384. The van der Waals surface area contributed by atoms with Crippen LogP contribution >= 0.6 is 0 Å². The number of amides is 3. The molecule has 1 aliphatic heterocycles. The molecule has 5 aliphatic rings. The summed E-state index contributed by atoms with van der Waals surface area (Å²) in [5.41, 5.74) is 0.144. The largest absolute Gasteiger partial charge is 0.494 e. The number of hydrogen-bond acceptors (Lipinski definition) is 6. The number of non-ortho nitro benzene ring substituents is 1. The monoisotopic (exact) mass is 411 g/mol. The number of methoxy groups -OCH3 is 1. The van der Waals surface area contributed by atoms with Gasteiger partial charge in [-0.15, -0.1) is 0 Å². The molecule has 6 atom stereocenters. The Hall–Kier alpha value is -3.23. The summed E-state index contributed by atoms with van der Waals surface area (Å²) in [5.74, 6) is 0.301. The van der Waals surface area contributed by atoms with Gasteiger partial charge in [0.15, 0.2) is 0 Å². The summed E-state index contributed by atoms with van der Waals surface area (Å²) in [6.45, 7) is 0.0283. The van der Waals surface area contributed by atoms with E-state index in [0.29, 0.717) is 17.5 Å². The van der Waals surface area contributed by atoms with Crippen molar-refractivity contribution >= 4 is 29.1 Å². The van der Waals surface area contributed by atoms with Crippen LogP contribution in [0.4, 0.5) is 11.4 Å². The number of imide groups is 1. The fraction of sp³-hybridized carbons (Fsp3) is 0.476. The van der Waals surface area contributed by atoms with E-state index in [2.05, 4.69) is 17.5 Å². The smallest absolute Gasteiger partial charge is 0.273 e. The normalized spacial score (nSPS) is 32.6. The lowest BCUT2D eigenvalue weighted by Crippen LogP contribution is -2.40. The van der Waals surface area contributed by atoms with Crippen molar-refractivity contribution < 1.29 is 24.0 Å². The quantitative estimate of drug-likeness (QED) is 0.331. The van der Waals surface area contributed by atoms with Crippen molar-refractivity contribution in [2.24, 2.45) is 35.5 Å². The predicted octanol–water partition coefficient (Wildman–Crippen LogP) is 1.99. The second-order valence-electron chi connectivity index (χ2n) is 8.42. The third kappa shape index (κ3) is 2.72. The molecule has 1 heterocycles. The van der Waals surface area contributed by atoms with Crippen molar-refractivity contribution in [1.29, 1.82) is 0 Å². The molecule has 3 amide bonds. The van der Waals surface area contributed by atoms with Gasteiger partial charge in [0.1, 0.15) is 5.75 Å². The highest BCUT2D eigenvalue weighted by atomic mass is 16.6. The maximum Gasteiger partial charge on any atom is 0.273 e. The summed E-state index contributed by atoms with van der Waals surface area (Å²) < 4.78 is 5.11. The highest BCUT2D eigenvalue weighted by molar-refractivity contribution is 6.06. The average molecular weight is 411 g/mol. The van der Waals surface area contributed by atoms with Gasteiger partial charge in [-0.05, 0) is 36.2 Å². The first-order valence-corrected chi connectivity index (χ1v) is 10.1. The van der Waals surface area contributed by atoms with Crippen molar-refractivity contribution in [2.75, 3.05) is 19.0 Å². The first-order chi connectivity index (χ1) is 14.4. The van der Waals surface area contributed by atoms with E-state index < -0.39 is 10.8 Å². The SMILES string of the molecule is COc1cc([N+](=O)[O-])ccc1NC(=O)CCN1C(=O)[C@H]2[C@@H]3C=C[C@@H]([C@H]4C[C@H]34)[C@@H]2C1=O. The van der Waals surface area contributed by atoms with E-state index in [1.54, 1.807) is 0 Å². The van der Waals surface area contributed by atoms with Gasteiger partial charge >= 0.3 is 0 Å². The maximum absolute atomic E-state index is 12.9. The number of rotatable bonds is 6. The fourth-order valence-corrected chi connectivity index (χ4v) is 5.56. The van der Waals surface area contributed by atoms with Gasteiger partial charge in [0.05, 0.1) is 35.6 Å². The van der Waals surface area contributed by atoms with Crippen LogP contribution in [0.25, 0.3) is 0 Å². The number of nitro benzene ring substituents is 1. The number of hydrogen-bond donors (Lipinski definition) is 1. The van der Waals surface area contributed by atoms with Crippen LogP contribution in [0, 0.1) is 45.6 Å². The third-order valence-electron chi connectivity index (χ3n) is 6.99. The second-order valence-corrected chi connectivity index (χ2v) is 8.42. The third-order valence-corrected chi connectivity index (χ3v) is 6.99. The molecule has 2 bridgehead atoms. The zero-order valence-electron chi connectivity index (χ0n) is 16.3. The maximum atomic E-state index is 12.9. The van der Waals surface area contributed by atoms with Gasteiger partial charge in [-0.3, -0.25) is 29.4 Å². The minimum atomic E-state index is -0.551. The predicted molar refractivity (Wildman–Crippen MR) is 104 cm³/mol. The van der Waals surface area contributed by atoms with Crippen LogP contribution in [0.1, 0.15) is 12.8 Å². The number of ether oxygens (including phenoxy) is 1. The first kappa shape index (κ1) is 18.8. The summed E-state index contributed by atoms with van der Waals surface area (Å²) in [6, 6.07) is 3.89. The van der Waals surface area contributed by atoms with Crippen LogP contribution in [-0.4, -0.2) is 41.2 Å². The number of nitro groups is 1. The van der Waals surface area contributed by atoms with Crippen LogP contribution in [0.5, 0.6) is 5.75 Å². The number of likely N-dealkylation sites (tertiary alicyclic amines) is 1. The molecule has 0 spiro atoms. The van der Waals surface area contributed by atoms with E-state index >= 15 is 0 Å². The Kier molecular flexibility index (Phi) is 4.16. The average Bonchev–Trinajstić information content (AvgIpc) is 3.51. The number of nitrogens with one attached hydrogen (secondary N) is 1. The van der Waals surface area contributed by atoms with Gasteiger partial charge in [0.25, 0.3) is 5.69 Å². The van der Waals surface area contributed by atoms with Crippen molar-refractivity contribution in [3.8, 4) is 5.75 Å². The molecule has 1 saturated heterocycles. The molecule has 2 saturated carbocycles. The van der Waals surface area contributed by atoms with E-state index in [1.807, 2.05) is 0 Å². The number of allylic oxidation sites excluding steroid dienone is 2. The molecule has 1 aromatic rings. The first-order valence-electron chi connectivity index (χ1n) is 10.1. The summed E-state index contributed by atoms with van der Waals surface area (Å²) >= 11 is 0. The van der Waals surface area contributed by atoms with E-state index in [-0.39, 0.29) is 59.9 Å². The topological polar surface area (TPSA) is 119 Å². The van der Waals surface area contributed by atoms with Crippen molar-refractivity contribution in [3.05, 3.63) is 40.5 Å². The van der Waals surface area contributed by atoms with E-state index in [9.17, 15) is 24.5 Å². The van der Waals surface area contributed by atoms with Gasteiger partial charge in [-0.2, -0.15) is 0 Å². The molecule has 30 heavy (non-hydrogen) atoms. The molecule has 1 N–H and O–H groups in total. The van der Waals surface area contributed by atoms with Gasteiger partial charge < -0.3 is 10.1 Å². The zero-order valence-corrected chi connectivity index (χ0v) is 16.3. The minimum Gasteiger partial charge on any atom is -0.494 e. The molecule has 3 fully saturated rings. The number of nitrogens with zero attached hydrogens (tertiary/aromatic N) is 2. The Balaban J connectivity index is 1.24. The molecular formula is C21H21N3O6. The lowest BCUT2D eigenvalue weighted by Gasteiger charge is -2.37. The molecule has 9 nitrogen and oxygen atoms in total. The van der Waals surface area contributed by atoms with Crippen molar-refractivity contribution in [3.63, 3.8) is 0 Å². The summed E-state index contributed by atoms with van der Waals surface area (Å²) in [4.78, 5) is 49.9. The Morgan fingerprint density at radius 3 is 2.40 bits per heavy atom. The molecule has 9 heteroatoms. The number of carbonyl (C=O) groups excluding carboxylic acids is 3. The van der Waals surface area contributed by atoms with Crippen LogP contribution in [0.2, 0.25) is 0 Å². The highest BCUT2D eigenvalue weighted by Gasteiger charge is 2.66. The van der Waals surface area contributed by atoms with E-state index in [1.165, 1.54) is 30.2 Å². The standard InChI is InChI=1S/C21H21N3O6/c1-30-16-8-10(24(28)29)2-5-15(16)22-17(25)6-7-23-20(26)18-11-3-4-12(14-9-13(11)14)19(18)21(23)27/h2-5,8,11-14,18-19H,6-7,9H2,1H3,(H,22,25)/t11-,12+,13-,14-,18+,19+/m1/s1. The Labute approximate surface area is 172 Å². The van der Waals surface area contributed by atoms with Gasteiger partial charge in [-0.25, -0.2) is 0 Å². The fourth-order valence-electron chi connectivity index (χ4n) is 5.56. The molecule has 0 radical (unpaired) electrons. The second kappa shape index (κ2) is 6.65. The summed E-state index contributed by atoms with van der Waals surface area (Å²) in [5, 5.41) is 13.5. The van der Waals surface area contributed by atoms with Gasteiger partial charge in [0, 0.05) is 19.0 Å². The lowest BCUT2D eigenvalue weighted by atomic mass is 9.63. The summed E-state index contributed by atoms with van der Waals surface area (Å²) in [7, 11) is 1.35. The zero-order chi connectivity index (χ0) is 21.2. The van der Waals surface area contributed by atoms with Crippen LogP contribution in [0.15, 0.2) is 30.4 Å². The molecule has 6 rings (SSSR count). The number of anilines is 1. The van der Waals surface area contributed by atoms with Crippen molar-refractivity contribution in [2.45, 2.75) is 12.8 Å². The summed E-state index contributed by atoms with van der Waals surface area (Å²) in [6.07, 6.45) is 5.28. The molecule has 0 aromatic heterocycles. The number of carbonyl (C=O) groups is 3. The number of benzene rings is 1. The van der Waals surface area contributed by atoms with Crippen LogP contribution < -0.4 is 10.1 Å². The molecule has 1 aromatic carbocycles. The molecule has 156 valence electrons. The Morgan fingerprint density at radius 2 is 1.83 bits per heavy atom. The van der Waals surface area contributed by atoms with Gasteiger partial charge in [0.2, 0.25) is 17.7 Å². The Bertz CT molecular complexity index is 968. The molecular weight excluding hydrogens is 390 g/mol. The van der Waals surface area contributed by atoms with E-state index in [0.717, 1.165) is 6.42 Å². The van der Waals surface area contributed by atoms with Crippen molar-refractivity contribution in [1.82, 2.24) is 4.90 Å².